The molecule has 1 N–H and O–H groups in total. The number of ketones is 1. The van der Waals surface area contributed by atoms with Gasteiger partial charge in [0, 0.05) is 38.0 Å². The highest BCUT2D eigenvalue weighted by molar-refractivity contribution is 5.98. The van der Waals surface area contributed by atoms with Crippen molar-refractivity contribution < 1.29 is 14.0 Å². The Morgan fingerprint density at radius 3 is 2.61 bits per heavy atom. The number of nitrogens with zero attached hydrogens (tertiary/aromatic N) is 1. The topological polar surface area (TPSA) is 49.4 Å². The fraction of sp³-hybridized carbons (Fsp3) is 0.364. The average molecular weight is 405 g/mol. The van der Waals surface area contributed by atoms with Crippen LogP contribution in [0.5, 0.6) is 0 Å². The van der Waals surface area contributed by atoms with Gasteiger partial charge in [0.15, 0.2) is 5.78 Å². The minimum atomic E-state index is -0.310. The Hall–Kier alpha value is -2.24. The molecule has 0 bridgehead atoms. The van der Waals surface area contributed by atoms with Crippen LogP contribution in [0.3, 0.4) is 0 Å². The lowest BCUT2D eigenvalue weighted by molar-refractivity contribution is -0.134. The van der Waals surface area contributed by atoms with E-state index in [1.165, 1.54) is 12.1 Å². The van der Waals surface area contributed by atoms with E-state index in [-0.39, 0.29) is 48.8 Å². The van der Waals surface area contributed by atoms with Gasteiger partial charge in [-0.1, -0.05) is 24.3 Å². The molecule has 150 valence electrons. The second-order valence-electron chi connectivity index (χ2n) is 7.08. The number of benzene rings is 2. The third-order valence-corrected chi connectivity index (χ3v) is 5.19. The van der Waals surface area contributed by atoms with E-state index in [0.717, 1.165) is 16.7 Å². The van der Waals surface area contributed by atoms with Crippen molar-refractivity contribution in [3.05, 3.63) is 70.5 Å². The van der Waals surface area contributed by atoms with Gasteiger partial charge < -0.3 is 10.2 Å². The van der Waals surface area contributed by atoms with E-state index in [1.807, 2.05) is 38.1 Å². The van der Waals surface area contributed by atoms with Crippen molar-refractivity contribution in [3.63, 3.8) is 0 Å². The molecule has 2 aromatic carbocycles. The van der Waals surface area contributed by atoms with E-state index >= 15 is 0 Å². The van der Waals surface area contributed by atoms with Crippen LogP contribution in [0.25, 0.3) is 0 Å². The normalized spacial score (nSPS) is 16.4. The molecule has 1 atom stereocenters. The maximum atomic E-state index is 13.6. The third kappa shape index (κ3) is 5.18. The molecule has 1 amide bonds. The molecule has 1 unspecified atom stereocenters. The number of hydrogen-bond donors (Lipinski definition) is 1. The molecule has 0 aromatic heterocycles. The summed E-state index contributed by atoms with van der Waals surface area (Å²) in [6, 6.07) is 11.8. The Balaban J connectivity index is 0.00000280. The van der Waals surface area contributed by atoms with Crippen LogP contribution in [0.15, 0.2) is 42.5 Å². The van der Waals surface area contributed by atoms with Gasteiger partial charge in [0.1, 0.15) is 5.82 Å². The van der Waals surface area contributed by atoms with Gasteiger partial charge in [-0.05, 0) is 48.7 Å². The zero-order valence-corrected chi connectivity index (χ0v) is 17.0. The Bertz CT molecular complexity index is 856. The largest absolute Gasteiger partial charge is 0.333 e. The van der Waals surface area contributed by atoms with Crippen LogP contribution in [-0.2, 0) is 4.79 Å². The predicted molar refractivity (Wildman–Crippen MR) is 110 cm³/mol. The third-order valence-electron chi connectivity index (χ3n) is 5.19. The van der Waals surface area contributed by atoms with Gasteiger partial charge in [-0.15, -0.1) is 12.4 Å². The molecular weight excluding hydrogens is 379 g/mol. The van der Waals surface area contributed by atoms with Gasteiger partial charge in [0.25, 0.3) is 0 Å². The maximum Gasteiger partial charge on any atom is 0.223 e. The highest BCUT2D eigenvalue weighted by Crippen LogP contribution is 2.24. The smallest absolute Gasteiger partial charge is 0.223 e. The fourth-order valence-corrected chi connectivity index (χ4v) is 3.44. The summed E-state index contributed by atoms with van der Waals surface area (Å²) in [5, 5.41) is 3.26. The standard InChI is InChI=1S/C22H25FN2O2.ClH/c1-15-6-7-18(12-16(15)2)21(26)8-9-22(27)25-11-10-24-14-20(25)17-4-3-5-19(23)13-17;/h3-7,12-13,20,24H,8-11,14H2,1-2H3;1H. The molecule has 4 nitrogen and oxygen atoms in total. The molecule has 6 heteroatoms. The van der Waals surface area contributed by atoms with Crippen LogP contribution in [0.4, 0.5) is 4.39 Å². The number of carbonyl (C=O) groups excluding carboxylic acids is 2. The summed E-state index contributed by atoms with van der Waals surface area (Å²) in [6.45, 7) is 5.81. The lowest BCUT2D eigenvalue weighted by Crippen LogP contribution is -2.48. The molecule has 3 rings (SSSR count). The molecule has 0 radical (unpaired) electrons. The molecular formula is C22H26ClFN2O2. The SMILES string of the molecule is Cc1ccc(C(=O)CCC(=O)N2CCNCC2c2cccc(F)c2)cc1C.Cl. The summed E-state index contributed by atoms with van der Waals surface area (Å²) in [6.07, 6.45) is 0.346. The first-order valence-corrected chi connectivity index (χ1v) is 9.32. The van der Waals surface area contributed by atoms with Crippen LogP contribution < -0.4 is 5.32 Å². The number of aryl methyl sites for hydroxylation is 2. The number of halogens is 2. The number of rotatable bonds is 5. The van der Waals surface area contributed by atoms with Gasteiger partial charge >= 0.3 is 0 Å². The van der Waals surface area contributed by atoms with Gasteiger partial charge in [0.2, 0.25) is 5.91 Å². The summed E-state index contributed by atoms with van der Waals surface area (Å²) in [5.41, 5.74) is 3.63. The van der Waals surface area contributed by atoms with E-state index in [0.29, 0.717) is 25.2 Å². The zero-order chi connectivity index (χ0) is 19.4. The highest BCUT2D eigenvalue weighted by Gasteiger charge is 2.28. The summed E-state index contributed by atoms with van der Waals surface area (Å²) < 4.78 is 13.6. The first-order valence-electron chi connectivity index (χ1n) is 9.32. The lowest BCUT2D eigenvalue weighted by Gasteiger charge is -2.36. The van der Waals surface area contributed by atoms with Crippen molar-refractivity contribution in [1.29, 1.82) is 0 Å². The summed E-state index contributed by atoms with van der Waals surface area (Å²) in [4.78, 5) is 27.0. The number of piperazine rings is 1. The quantitative estimate of drug-likeness (QED) is 0.766. The molecule has 1 heterocycles. The van der Waals surface area contributed by atoms with Crippen LogP contribution in [0.1, 0.15) is 45.9 Å². The van der Waals surface area contributed by atoms with Crippen LogP contribution >= 0.6 is 12.4 Å². The Morgan fingerprint density at radius 1 is 1.11 bits per heavy atom. The molecule has 2 aromatic rings. The van der Waals surface area contributed by atoms with E-state index < -0.39 is 0 Å². The second-order valence-corrected chi connectivity index (χ2v) is 7.08. The van der Waals surface area contributed by atoms with Crippen LogP contribution in [0, 0.1) is 19.7 Å². The van der Waals surface area contributed by atoms with Gasteiger partial charge in [-0.2, -0.15) is 0 Å². The molecule has 0 saturated carbocycles. The van der Waals surface area contributed by atoms with Gasteiger partial charge in [-0.25, -0.2) is 4.39 Å². The summed E-state index contributed by atoms with van der Waals surface area (Å²) in [5.74, 6) is -0.401. The van der Waals surface area contributed by atoms with Crippen molar-refractivity contribution in [2.75, 3.05) is 19.6 Å². The molecule has 0 spiro atoms. The monoisotopic (exact) mass is 404 g/mol. The number of hydrogen-bond acceptors (Lipinski definition) is 3. The number of carbonyl (C=O) groups is 2. The molecule has 28 heavy (non-hydrogen) atoms. The Labute approximate surface area is 171 Å². The molecule has 1 saturated heterocycles. The molecule has 0 aliphatic carbocycles. The first kappa shape index (κ1) is 22.1. The predicted octanol–water partition coefficient (Wildman–Crippen LogP) is 4.00. The van der Waals surface area contributed by atoms with E-state index in [1.54, 1.807) is 11.0 Å². The average Bonchev–Trinajstić information content (AvgIpc) is 2.68. The van der Waals surface area contributed by atoms with E-state index in [9.17, 15) is 14.0 Å². The van der Waals surface area contributed by atoms with Gasteiger partial charge in [-0.3, -0.25) is 9.59 Å². The second kappa shape index (κ2) is 9.80. The Kier molecular flexibility index (Phi) is 7.72. The number of amides is 1. The fourth-order valence-electron chi connectivity index (χ4n) is 3.44. The van der Waals surface area contributed by atoms with E-state index in [4.69, 9.17) is 0 Å². The minimum absolute atomic E-state index is 0. The summed E-state index contributed by atoms with van der Waals surface area (Å²) in [7, 11) is 0. The van der Waals surface area contributed by atoms with E-state index in [2.05, 4.69) is 5.32 Å². The number of Topliss-reactive ketones (excluding diaryl/α,β-unsaturated/α-hetero) is 1. The first-order chi connectivity index (χ1) is 13.0. The van der Waals surface area contributed by atoms with Crippen molar-refractivity contribution in [2.24, 2.45) is 0 Å². The van der Waals surface area contributed by atoms with Crippen LogP contribution in [-0.4, -0.2) is 36.2 Å². The van der Waals surface area contributed by atoms with Gasteiger partial charge in [0.05, 0.1) is 6.04 Å². The highest BCUT2D eigenvalue weighted by atomic mass is 35.5. The molecule has 1 aliphatic rings. The van der Waals surface area contributed by atoms with Crippen molar-refractivity contribution in [3.8, 4) is 0 Å². The number of nitrogens with one attached hydrogen (secondary N) is 1. The zero-order valence-electron chi connectivity index (χ0n) is 16.2. The van der Waals surface area contributed by atoms with Crippen molar-refractivity contribution in [2.45, 2.75) is 32.7 Å². The maximum absolute atomic E-state index is 13.6. The molecule has 1 fully saturated rings. The lowest BCUT2D eigenvalue weighted by atomic mass is 9.99. The van der Waals surface area contributed by atoms with Crippen molar-refractivity contribution >= 4 is 24.1 Å². The van der Waals surface area contributed by atoms with Crippen molar-refractivity contribution in [1.82, 2.24) is 10.2 Å². The van der Waals surface area contributed by atoms with Crippen LogP contribution in [0.2, 0.25) is 0 Å². The summed E-state index contributed by atoms with van der Waals surface area (Å²) >= 11 is 0. The Morgan fingerprint density at radius 2 is 1.89 bits per heavy atom. The molecule has 1 aliphatic heterocycles. The minimum Gasteiger partial charge on any atom is -0.333 e.